The second-order valence-electron chi connectivity index (χ2n) is 9.27. The molecule has 0 spiro atoms. The van der Waals surface area contributed by atoms with Crippen LogP contribution in [-0.4, -0.2) is 77.8 Å². The minimum atomic E-state index is -5.02. The number of hydrogen-bond acceptors (Lipinski definition) is 6. The van der Waals surface area contributed by atoms with E-state index in [9.17, 15) is 37.5 Å². The van der Waals surface area contributed by atoms with E-state index in [1.54, 1.807) is 0 Å². The zero-order valence-corrected chi connectivity index (χ0v) is 19.0. The number of nitrogens with zero attached hydrogens (tertiary/aromatic N) is 1. The summed E-state index contributed by atoms with van der Waals surface area (Å²) in [7, 11) is 0. The quantitative estimate of drug-likeness (QED) is 0.425. The van der Waals surface area contributed by atoms with Gasteiger partial charge in [-0.3, -0.25) is 23.9 Å². The normalized spacial score (nSPS) is 25.2. The lowest BCUT2D eigenvalue weighted by molar-refractivity contribution is -0.321. The van der Waals surface area contributed by atoms with Crippen molar-refractivity contribution in [1.29, 1.82) is 0 Å². The van der Waals surface area contributed by atoms with Gasteiger partial charge in [-0.05, 0) is 37.5 Å². The summed E-state index contributed by atoms with van der Waals surface area (Å²) in [6, 6.07) is -2.37. The number of carbonyl (C=O) groups excluding carboxylic acids is 4. The average Bonchev–Trinajstić information content (AvgIpc) is 3.29. The van der Waals surface area contributed by atoms with E-state index in [0.29, 0.717) is 13.0 Å². The van der Waals surface area contributed by atoms with Crippen LogP contribution in [0.2, 0.25) is 0 Å². The molecule has 2 heterocycles. The summed E-state index contributed by atoms with van der Waals surface area (Å²) < 4.78 is 40.8. The summed E-state index contributed by atoms with van der Waals surface area (Å²) in [6.45, 7) is 4.79. The standard InChI is InChI=1S/C21H32F3N3O6/c1-11(2)6-16(28)20(32)27-9-12(3)7-15(27)19(31)26-14(8-13-4-5-25-18(13)30)17(29)10-33-21(22,23)24/h11-16,28H,4-10H2,1-3H3,(H,25,30)(H,26,31)/t12-,13+,14?,15?,16-/m1/s1. The van der Waals surface area contributed by atoms with E-state index in [-0.39, 0.29) is 43.6 Å². The van der Waals surface area contributed by atoms with Gasteiger partial charge in [-0.2, -0.15) is 0 Å². The number of carbonyl (C=O) groups is 4. The molecular weight excluding hydrogens is 447 g/mol. The SMILES string of the molecule is CC(C)C[C@@H](O)C(=O)N1C[C@H](C)CC1C(=O)NC(C[C@@H]1CCNC1=O)C(=O)COC(F)(F)F. The Balaban J connectivity index is 2.13. The minimum absolute atomic E-state index is 0.0458. The van der Waals surface area contributed by atoms with E-state index >= 15 is 0 Å². The number of halogens is 3. The lowest BCUT2D eigenvalue weighted by Crippen LogP contribution is -2.53. The van der Waals surface area contributed by atoms with Crippen molar-refractivity contribution >= 4 is 23.5 Å². The molecule has 12 heteroatoms. The topological polar surface area (TPSA) is 125 Å². The van der Waals surface area contributed by atoms with E-state index in [0.717, 1.165) is 0 Å². The average molecular weight is 479 g/mol. The number of Topliss-reactive ketones (excluding diaryl/α,β-unsaturated/α-hetero) is 1. The summed E-state index contributed by atoms with van der Waals surface area (Å²) in [5.41, 5.74) is 0. The Morgan fingerprint density at radius 2 is 1.97 bits per heavy atom. The molecule has 2 rings (SSSR count). The third kappa shape index (κ3) is 7.95. The van der Waals surface area contributed by atoms with Gasteiger partial charge in [0.25, 0.3) is 5.91 Å². The molecule has 0 aromatic rings. The van der Waals surface area contributed by atoms with Gasteiger partial charge in [-0.15, -0.1) is 13.2 Å². The first-order valence-electron chi connectivity index (χ1n) is 11.1. The Labute approximate surface area is 190 Å². The van der Waals surface area contributed by atoms with Gasteiger partial charge in [0.2, 0.25) is 11.8 Å². The molecule has 3 N–H and O–H groups in total. The zero-order chi connectivity index (χ0) is 24.9. The highest BCUT2D eigenvalue weighted by Gasteiger charge is 2.42. The Morgan fingerprint density at radius 1 is 1.30 bits per heavy atom. The third-order valence-corrected chi connectivity index (χ3v) is 5.84. The molecule has 2 unspecified atom stereocenters. The molecule has 2 aliphatic rings. The van der Waals surface area contributed by atoms with Crippen molar-refractivity contribution in [1.82, 2.24) is 15.5 Å². The van der Waals surface area contributed by atoms with Crippen LogP contribution in [0.25, 0.3) is 0 Å². The number of alkyl halides is 3. The fraction of sp³-hybridized carbons (Fsp3) is 0.810. The first kappa shape index (κ1) is 27.0. The smallest absolute Gasteiger partial charge is 0.383 e. The van der Waals surface area contributed by atoms with Crippen molar-refractivity contribution in [3.63, 3.8) is 0 Å². The monoisotopic (exact) mass is 479 g/mol. The molecule has 9 nitrogen and oxygen atoms in total. The molecular formula is C21H32F3N3O6. The molecule has 0 aromatic heterocycles. The van der Waals surface area contributed by atoms with Gasteiger partial charge < -0.3 is 20.6 Å². The second-order valence-corrected chi connectivity index (χ2v) is 9.27. The van der Waals surface area contributed by atoms with Gasteiger partial charge in [-0.25, -0.2) is 0 Å². The molecule has 0 saturated carbocycles. The van der Waals surface area contributed by atoms with Crippen LogP contribution in [-0.2, 0) is 23.9 Å². The molecule has 3 amide bonds. The van der Waals surface area contributed by atoms with E-state index in [2.05, 4.69) is 15.4 Å². The maximum atomic E-state index is 13.0. The molecule has 0 radical (unpaired) electrons. The number of aliphatic hydroxyl groups excluding tert-OH is 1. The highest BCUT2D eigenvalue weighted by atomic mass is 19.4. The van der Waals surface area contributed by atoms with Crippen LogP contribution in [0, 0.1) is 17.8 Å². The highest BCUT2D eigenvalue weighted by molar-refractivity contribution is 5.94. The van der Waals surface area contributed by atoms with Crippen LogP contribution >= 0.6 is 0 Å². The van der Waals surface area contributed by atoms with Crippen molar-refractivity contribution in [2.75, 3.05) is 19.7 Å². The van der Waals surface area contributed by atoms with Crippen LogP contribution in [0.1, 0.15) is 46.5 Å². The first-order chi connectivity index (χ1) is 15.3. The van der Waals surface area contributed by atoms with Crippen molar-refractivity contribution in [2.45, 2.75) is 71.0 Å². The number of nitrogens with one attached hydrogen (secondary N) is 2. The second kappa shape index (κ2) is 11.3. The third-order valence-electron chi connectivity index (χ3n) is 5.84. The molecule has 2 fully saturated rings. The van der Waals surface area contributed by atoms with Gasteiger partial charge in [0, 0.05) is 19.0 Å². The number of ether oxygens (including phenoxy) is 1. The molecule has 188 valence electrons. The van der Waals surface area contributed by atoms with Crippen molar-refractivity contribution in [3.05, 3.63) is 0 Å². The molecule has 5 atom stereocenters. The lowest BCUT2D eigenvalue weighted by Gasteiger charge is -2.28. The van der Waals surface area contributed by atoms with Gasteiger partial charge >= 0.3 is 6.36 Å². The first-order valence-corrected chi connectivity index (χ1v) is 11.1. The van der Waals surface area contributed by atoms with Gasteiger partial charge in [0.15, 0.2) is 5.78 Å². The predicted molar refractivity (Wildman–Crippen MR) is 109 cm³/mol. The van der Waals surface area contributed by atoms with Crippen LogP contribution in [0.15, 0.2) is 0 Å². The predicted octanol–water partition coefficient (Wildman–Crippen LogP) is 0.747. The molecule has 0 aliphatic carbocycles. The Morgan fingerprint density at radius 3 is 2.52 bits per heavy atom. The van der Waals surface area contributed by atoms with Crippen LogP contribution < -0.4 is 10.6 Å². The maximum absolute atomic E-state index is 13.0. The Kier molecular flexibility index (Phi) is 9.24. The highest BCUT2D eigenvalue weighted by Crippen LogP contribution is 2.26. The summed E-state index contributed by atoms with van der Waals surface area (Å²) in [4.78, 5) is 51.4. The van der Waals surface area contributed by atoms with Crippen LogP contribution in [0.3, 0.4) is 0 Å². The van der Waals surface area contributed by atoms with E-state index in [1.165, 1.54) is 4.90 Å². The summed E-state index contributed by atoms with van der Waals surface area (Å²) in [5.74, 6) is -3.34. The minimum Gasteiger partial charge on any atom is -0.383 e. The van der Waals surface area contributed by atoms with E-state index in [1.807, 2.05) is 20.8 Å². The van der Waals surface area contributed by atoms with Gasteiger partial charge in [0.1, 0.15) is 18.8 Å². The molecule has 33 heavy (non-hydrogen) atoms. The van der Waals surface area contributed by atoms with Crippen molar-refractivity contribution in [2.24, 2.45) is 17.8 Å². The van der Waals surface area contributed by atoms with Crippen LogP contribution in [0.5, 0.6) is 0 Å². The number of amides is 3. The lowest BCUT2D eigenvalue weighted by atomic mass is 9.95. The zero-order valence-electron chi connectivity index (χ0n) is 19.0. The maximum Gasteiger partial charge on any atom is 0.522 e. The van der Waals surface area contributed by atoms with Crippen LogP contribution in [0.4, 0.5) is 13.2 Å². The number of ketones is 1. The Bertz CT molecular complexity index is 745. The fourth-order valence-electron chi connectivity index (χ4n) is 4.22. The van der Waals surface area contributed by atoms with E-state index in [4.69, 9.17) is 0 Å². The Hall–Kier alpha value is -2.21. The molecule has 0 aromatic carbocycles. The summed E-state index contributed by atoms with van der Waals surface area (Å²) in [5, 5.41) is 15.2. The van der Waals surface area contributed by atoms with Gasteiger partial charge in [-0.1, -0.05) is 20.8 Å². The number of rotatable bonds is 10. The number of likely N-dealkylation sites (tertiary alicyclic amines) is 1. The van der Waals surface area contributed by atoms with E-state index < -0.39 is 54.7 Å². The van der Waals surface area contributed by atoms with Gasteiger partial charge in [0.05, 0.1) is 6.04 Å². The largest absolute Gasteiger partial charge is 0.522 e. The summed E-state index contributed by atoms with van der Waals surface area (Å²) in [6.07, 6.45) is -5.62. The summed E-state index contributed by atoms with van der Waals surface area (Å²) >= 11 is 0. The molecule has 2 aliphatic heterocycles. The van der Waals surface area contributed by atoms with Crippen molar-refractivity contribution in [3.8, 4) is 0 Å². The number of hydrogen-bond donors (Lipinski definition) is 3. The molecule has 2 saturated heterocycles. The van der Waals surface area contributed by atoms with Crippen molar-refractivity contribution < 1.29 is 42.2 Å². The molecule has 0 bridgehead atoms. The number of aliphatic hydroxyl groups is 1. The fourth-order valence-corrected chi connectivity index (χ4v) is 4.22.